The Morgan fingerprint density at radius 1 is 1.19 bits per heavy atom. The molecule has 5 rings (SSSR count). The minimum absolute atomic E-state index is 0.0000224. The van der Waals surface area contributed by atoms with Crippen LogP contribution in [0.4, 0.5) is 5.95 Å². The zero-order chi connectivity index (χ0) is 18.4. The van der Waals surface area contributed by atoms with Crippen LogP contribution in [0, 0.1) is 0 Å². The molecular weight excluding hydrogens is 340 g/mol. The van der Waals surface area contributed by atoms with Crippen LogP contribution in [-0.4, -0.2) is 39.1 Å². The molecule has 7 nitrogen and oxygen atoms in total. The summed E-state index contributed by atoms with van der Waals surface area (Å²) in [5, 5.41) is 7.56. The molecule has 0 bridgehead atoms. The Morgan fingerprint density at radius 2 is 1.96 bits per heavy atom. The molecule has 144 valence electrons. The summed E-state index contributed by atoms with van der Waals surface area (Å²) < 4.78 is 2.23. The Hall–Kier alpha value is -2.15. The van der Waals surface area contributed by atoms with Gasteiger partial charge in [-0.15, -0.1) is 0 Å². The summed E-state index contributed by atoms with van der Waals surface area (Å²) in [6.45, 7) is 0.704. The van der Waals surface area contributed by atoms with E-state index in [2.05, 4.69) is 20.2 Å². The number of anilines is 1. The summed E-state index contributed by atoms with van der Waals surface area (Å²) in [5.74, 6) is 0.667. The number of aromatic nitrogens is 3. The van der Waals surface area contributed by atoms with E-state index in [4.69, 9.17) is 10.7 Å². The Morgan fingerprint density at radius 3 is 2.74 bits per heavy atom. The highest BCUT2D eigenvalue weighted by Gasteiger charge is 2.41. The van der Waals surface area contributed by atoms with Crippen molar-refractivity contribution >= 4 is 22.9 Å². The average molecular weight is 368 g/mol. The lowest BCUT2D eigenvalue weighted by molar-refractivity contribution is 0.0833. The van der Waals surface area contributed by atoms with Crippen LogP contribution in [0.5, 0.6) is 0 Å². The summed E-state index contributed by atoms with van der Waals surface area (Å²) in [7, 11) is 0. The molecule has 27 heavy (non-hydrogen) atoms. The Bertz CT molecular complexity index is 861. The van der Waals surface area contributed by atoms with Gasteiger partial charge in [0.25, 0.3) is 5.91 Å². The fourth-order valence-corrected chi connectivity index (χ4v) is 5.18. The van der Waals surface area contributed by atoms with Gasteiger partial charge in [-0.3, -0.25) is 4.79 Å². The molecule has 0 radical (unpaired) electrons. The molecule has 2 fully saturated rings. The van der Waals surface area contributed by atoms with Crippen molar-refractivity contribution in [1.29, 1.82) is 0 Å². The number of nitrogens with two attached hydrogens (primary N) is 1. The predicted octanol–water partition coefficient (Wildman–Crippen LogP) is 2.52. The standard InChI is InChI=1S/C20H28N6O/c21-14-4-6-15(7-5-14)24-19-22-11-13-10-16-18(27)23-12-20(8-2-1-3-9-20)26(16)17(13)25-19/h10-11,14-15H,1-9,12,21H2,(H,23,27)(H,22,24,25). The number of nitrogens with zero attached hydrogens (tertiary/aromatic N) is 3. The molecule has 1 aliphatic heterocycles. The average Bonchev–Trinajstić information content (AvgIpc) is 3.08. The lowest BCUT2D eigenvalue weighted by atomic mass is 9.80. The van der Waals surface area contributed by atoms with E-state index in [1.807, 2.05) is 12.3 Å². The van der Waals surface area contributed by atoms with E-state index >= 15 is 0 Å². The first-order valence-electron chi connectivity index (χ1n) is 10.3. The molecular formula is C20H28N6O. The normalized spacial score (nSPS) is 27.4. The Labute approximate surface area is 159 Å². The zero-order valence-corrected chi connectivity index (χ0v) is 15.7. The molecule has 0 atom stereocenters. The van der Waals surface area contributed by atoms with Crippen LogP contribution in [0.3, 0.4) is 0 Å². The molecule has 3 aliphatic rings. The summed E-state index contributed by atoms with van der Waals surface area (Å²) in [6.07, 6.45) is 11.9. The van der Waals surface area contributed by atoms with E-state index < -0.39 is 0 Å². The van der Waals surface area contributed by atoms with Crippen molar-refractivity contribution in [3.8, 4) is 0 Å². The molecule has 3 heterocycles. The molecule has 2 aliphatic carbocycles. The van der Waals surface area contributed by atoms with Crippen molar-refractivity contribution in [2.75, 3.05) is 11.9 Å². The van der Waals surface area contributed by atoms with Gasteiger partial charge in [-0.2, -0.15) is 4.98 Å². The summed E-state index contributed by atoms with van der Waals surface area (Å²) in [4.78, 5) is 21.9. The third kappa shape index (κ3) is 2.88. The van der Waals surface area contributed by atoms with E-state index in [0.717, 1.165) is 55.3 Å². The highest BCUT2D eigenvalue weighted by Crippen LogP contribution is 2.40. The zero-order valence-electron chi connectivity index (χ0n) is 15.7. The topological polar surface area (TPSA) is 97.9 Å². The third-order valence-electron chi connectivity index (χ3n) is 6.72. The molecule has 0 unspecified atom stereocenters. The number of amides is 1. The van der Waals surface area contributed by atoms with Crippen LogP contribution in [0.15, 0.2) is 12.3 Å². The number of carbonyl (C=O) groups excluding carboxylic acids is 1. The van der Waals surface area contributed by atoms with E-state index in [9.17, 15) is 4.79 Å². The van der Waals surface area contributed by atoms with Crippen molar-refractivity contribution in [3.05, 3.63) is 18.0 Å². The number of carbonyl (C=O) groups is 1. The first kappa shape index (κ1) is 17.0. The monoisotopic (exact) mass is 368 g/mol. The number of hydrogen-bond acceptors (Lipinski definition) is 5. The fourth-order valence-electron chi connectivity index (χ4n) is 5.18. The molecule has 0 aromatic carbocycles. The second kappa shape index (κ2) is 6.48. The van der Waals surface area contributed by atoms with E-state index in [-0.39, 0.29) is 11.4 Å². The lowest BCUT2D eigenvalue weighted by Gasteiger charge is -2.42. The summed E-state index contributed by atoms with van der Waals surface area (Å²) in [5.41, 5.74) is 7.61. The molecule has 2 aromatic rings. The summed E-state index contributed by atoms with van der Waals surface area (Å²) >= 11 is 0. The van der Waals surface area contributed by atoms with Crippen LogP contribution in [0.1, 0.15) is 68.3 Å². The Kier molecular flexibility index (Phi) is 4.07. The quantitative estimate of drug-likeness (QED) is 0.757. The van der Waals surface area contributed by atoms with Gasteiger partial charge in [-0.1, -0.05) is 19.3 Å². The molecule has 1 spiro atoms. The minimum Gasteiger partial charge on any atom is -0.351 e. The second-order valence-electron chi connectivity index (χ2n) is 8.56. The van der Waals surface area contributed by atoms with Gasteiger partial charge in [0.05, 0.1) is 5.54 Å². The van der Waals surface area contributed by atoms with Gasteiger partial charge < -0.3 is 20.9 Å². The van der Waals surface area contributed by atoms with E-state index in [1.54, 1.807) is 0 Å². The van der Waals surface area contributed by atoms with Gasteiger partial charge in [-0.25, -0.2) is 4.98 Å². The number of fused-ring (bicyclic) bond motifs is 4. The molecule has 0 saturated heterocycles. The van der Waals surface area contributed by atoms with Crippen LogP contribution in [-0.2, 0) is 5.54 Å². The van der Waals surface area contributed by atoms with Crippen LogP contribution >= 0.6 is 0 Å². The minimum atomic E-state index is -0.0352. The Balaban J connectivity index is 1.53. The van der Waals surface area contributed by atoms with Crippen LogP contribution in [0.2, 0.25) is 0 Å². The second-order valence-corrected chi connectivity index (χ2v) is 8.56. The molecule has 1 amide bonds. The van der Waals surface area contributed by atoms with Gasteiger partial charge >= 0.3 is 0 Å². The number of nitrogens with one attached hydrogen (secondary N) is 2. The highest BCUT2D eigenvalue weighted by atomic mass is 16.2. The van der Waals surface area contributed by atoms with Crippen molar-refractivity contribution in [2.24, 2.45) is 5.73 Å². The van der Waals surface area contributed by atoms with E-state index in [1.165, 1.54) is 19.3 Å². The first-order valence-corrected chi connectivity index (χ1v) is 10.3. The van der Waals surface area contributed by atoms with Gasteiger partial charge in [0, 0.05) is 30.2 Å². The first-order chi connectivity index (χ1) is 13.1. The van der Waals surface area contributed by atoms with Crippen molar-refractivity contribution in [1.82, 2.24) is 19.9 Å². The number of rotatable bonds is 2. The third-order valence-corrected chi connectivity index (χ3v) is 6.72. The van der Waals surface area contributed by atoms with Crippen molar-refractivity contribution < 1.29 is 4.79 Å². The van der Waals surface area contributed by atoms with E-state index in [0.29, 0.717) is 24.6 Å². The smallest absolute Gasteiger partial charge is 0.268 e. The molecule has 7 heteroatoms. The number of hydrogen-bond donors (Lipinski definition) is 3. The lowest BCUT2D eigenvalue weighted by Crippen LogP contribution is -2.52. The van der Waals surface area contributed by atoms with Gasteiger partial charge in [0.15, 0.2) is 0 Å². The fraction of sp³-hybridized carbons (Fsp3) is 0.650. The van der Waals surface area contributed by atoms with Crippen LogP contribution in [0.25, 0.3) is 11.0 Å². The summed E-state index contributed by atoms with van der Waals surface area (Å²) in [6, 6.07) is 2.66. The highest BCUT2D eigenvalue weighted by molar-refractivity contribution is 5.99. The largest absolute Gasteiger partial charge is 0.351 e. The van der Waals surface area contributed by atoms with Crippen molar-refractivity contribution in [3.63, 3.8) is 0 Å². The maximum absolute atomic E-state index is 12.5. The predicted molar refractivity (Wildman–Crippen MR) is 105 cm³/mol. The molecule has 4 N–H and O–H groups in total. The van der Waals surface area contributed by atoms with Crippen molar-refractivity contribution in [2.45, 2.75) is 75.4 Å². The molecule has 2 saturated carbocycles. The van der Waals surface area contributed by atoms with Crippen LogP contribution < -0.4 is 16.4 Å². The molecule has 2 aromatic heterocycles. The maximum atomic E-state index is 12.5. The van der Waals surface area contributed by atoms with Gasteiger partial charge in [-0.05, 0) is 44.6 Å². The SMILES string of the molecule is NC1CCC(Nc2ncc3cc4n(c3n2)C2(CCCCC2)CNC4=O)CC1. The van der Waals surface area contributed by atoms with Gasteiger partial charge in [0.2, 0.25) is 5.95 Å². The van der Waals surface area contributed by atoms with Gasteiger partial charge in [0.1, 0.15) is 11.3 Å². The maximum Gasteiger partial charge on any atom is 0.268 e.